The fourth-order valence-electron chi connectivity index (χ4n) is 3.15. The van der Waals surface area contributed by atoms with Gasteiger partial charge in [0.2, 0.25) is 0 Å². The molecule has 130 valence electrons. The highest BCUT2D eigenvalue weighted by atomic mass is 35.5. The molecule has 3 atom stereocenters. The van der Waals surface area contributed by atoms with Crippen LogP contribution in [0.15, 0.2) is 42.7 Å². The Morgan fingerprint density at radius 1 is 1.38 bits per heavy atom. The molecule has 1 aromatic heterocycles. The van der Waals surface area contributed by atoms with E-state index in [4.69, 9.17) is 16.3 Å². The second-order valence-corrected chi connectivity index (χ2v) is 6.93. The van der Waals surface area contributed by atoms with E-state index in [1.165, 1.54) is 5.56 Å². The monoisotopic (exact) mass is 348 g/mol. The van der Waals surface area contributed by atoms with Crippen LogP contribution in [0.5, 0.6) is 0 Å². The number of morpholine rings is 1. The van der Waals surface area contributed by atoms with E-state index in [-0.39, 0.29) is 18.2 Å². The molecule has 0 radical (unpaired) electrons. The lowest BCUT2D eigenvalue weighted by atomic mass is 9.99. The zero-order chi connectivity index (χ0) is 16.9. The minimum atomic E-state index is 0.116. The summed E-state index contributed by atoms with van der Waals surface area (Å²) in [6, 6.07) is 10.4. The maximum atomic E-state index is 6.07. The molecule has 1 saturated heterocycles. The molecule has 0 aliphatic carbocycles. The number of halogens is 1. The molecule has 0 spiro atoms. The molecule has 1 fully saturated rings. The second-order valence-electron chi connectivity index (χ2n) is 6.50. The van der Waals surface area contributed by atoms with Crippen molar-refractivity contribution >= 4 is 11.6 Å². The topological polar surface area (TPSA) is 42.3 Å². The molecular formula is C18H25ClN4O. The van der Waals surface area contributed by atoms with E-state index >= 15 is 0 Å². The fourth-order valence-corrected chi connectivity index (χ4v) is 3.28. The number of hydrogen-bond donors (Lipinski definition) is 1. The van der Waals surface area contributed by atoms with Crippen molar-refractivity contribution in [1.29, 1.82) is 0 Å². The zero-order valence-electron chi connectivity index (χ0n) is 14.2. The Labute approximate surface area is 148 Å². The van der Waals surface area contributed by atoms with Crippen molar-refractivity contribution in [3.05, 3.63) is 53.3 Å². The summed E-state index contributed by atoms with van der Waals surface area (Å²) in [7, 11) is 2.14. The number of likely N-dealkylation sites (N-methyl/N-ethyl adjacent to an activating group) is 1. The van der Waals surface area contributed by atoms with E-state index in [1.807, 2.05) is 35.3 Å². The Balaban J connectivity index is 1.74. The Hall–Kier alpha value is -1.40. The summed E-state index contributed by atoms with van der Waals surface area (Å²) in [5.74, 6) is 0. The predicted molar refractivity (Wildman–Crippen MR) is 96.3 cm³/mol. The third-order valence-electron chi connectivity index (χ3n) is 4.38. The van der Waals surface area contributed by atoms with Gasteiger partial charge in [-0.05, 0) is 37.7 Å². The van der Waals surface area contributed by atoms with Crippen LogP contribution in [0.1, 0.15) is 18.5 Å². The molecule has 6 heteroatoms. The molecule has 5 nitrogen and oxygen atoms in total. The van der Waals surface area contributed by atoms with Crippen LogP contribution in [-0.4, -0.2) is 53.6 Å². The SMILES string of the molecule is CC(Cn1cccn1)NC(c1ccc(Cl)cc1)C1CN(C)CCO1. The number of nitrogens with one attached hydrogen (secondary N) is 1. The van der Waals surface area contributed by atoms with Crippen molar-refractivity contribution in [3.63, 3.8) is 0 Å². The first kappa shape index (κ1) is 17.4. The number of nitrogens with zero attached hydrogens (tertiary/aromatic N) is 3. The van der Waals surface area contributed by atoms with Crippen LogP contribution in [0, 0.1) is 0 Å². The fraction of sp³-hybridized carbons (Fsp3) is 0.500. The number of ether oxygens (including phenoxy) is 1. The van der Waals surface area contributed by atoms with E-state index in [0.29, 0.717) is 0 Å². The average Bonchev–Trinajstić information content (AvgIpc) is 3.06. The maximum Gasteiger partial charge on any atom is 0.0896 e. The summed E-state index contributed by atoms with van der Waals surface area (Å²) < 4.78 is 8.02. The Morgan fingerprint density at radius 2 is 2.17 bits per heavy atom. The van der Waals surface area contributed by atoms with E-state index in [2.05, 4.69) is 41.4 Å². The van der Waals surface area contributed by atoms with Gasteiger partial charge in [0.1, 0.15) is 0 Å². The molecule has 0 saturated carbocycles. The van der Waals surface area contributed by atoms with Crippen LogP contribution >= 0.6 is 11.6 Å². The van der Waals surface area contributed by atoms with Gasteiger partial charge in [-0.25, -0.2) is 0 Å². The lowest BCUT2D eigenvalue weighted by Crippen LogP contribution is -2.49. The average molecular weight is 349 g/mol. The van der Waals surface area contributed by atoms with E-state index in [9.17, 15) is 0 Å². The summed E-state index contributed by atoms with van der Waals surface area (Å²) in [6.45, 7) is 5.65. The number of rotatable bonds is 6. The van der Waals surface area contributed by atoms with Crippen LogP contribution in [-0.2, 0) is 11.3 Å². The molecule has 1 aromatic carbocycles. The van der Waals surface area contributed by atoms with Gasteiger partial charge in [-0.3, -0.25) is 4.68 Å². The summed E-state index contributed by atoms with van der Waals surface area (Å²) >= 11 is 6.05. The molecule has 3 unspecified atom stereocenters. The Kier molecular flexibility index (Phi) is 5.89. The van der Waals surface area contributed by atoms with Crippen LogP contribution in [0.2, 0.25) is 5.02 Å². The van der Waals surface area contributed by atoms with E-state index in [1.54, 1.807) is 0 Å². The molecular weight excluding hydrogens is 324 g/mol. The van der Waals surface area contributed by atoms with Crippen molar-refractivity contribution in [2.45, 2.75) is 31.7 Å². The van der Waals surface area contributed by atoms with Gasteiger partial charge in [-0.1, -0.05) is 23.7 Å². The molecule has 0 amide bonds. The van der Waals surface area contributed by atoms with Crippen molar-refractivity contribution in [2.75, 3.05) is 26.7 Å². The largest absolute Gasteiger partial charge is 0.374 e. The molecule has 1 aliphatic rings. The zero-order valence-corrected chi connectivity index (χ0v) is 15.0. The van der Waals surface area contributed by atoms with Crippen LogP contribution in [0.4, 0.5) is 0 Å². The summed E-state index contributed by atoms with van der Waals surface area (Å²) in [5.41, 5.74) is 1.20. The smallest absolute Gasteiger partial charge is 0.0896 e. The Bertz CT molecular complexity index is 616. The van der Waals surface area contributed by atoms with Crippen LogP contribution in [0.25, 0.3) is 0 Å². The van der Waals surface area contributed by atoms with Crippen molar-refractivity contribution < 1.29 is 4.74 Å². The van der Waals surface area contributed by atoms with E-state index in [0.717, 1.165) is 31.3 Å². The van der Waals surface area contributed by atoms with Gasteiger partial charge in [-0.15, -0.1) is 0 Å². The van der Waals surface area contributed by atoms with Crippen molar-refractivity contribution in [1.82, 2.24) is 20.0 Å². The minimum Gasteiger partial charge on any atom is -0.374 e. The highest BCUT2D eigenvalue weighted by molar-refractivity contribution is 6.30. The number of hydrogen-bond acceptors (Lipinski definition) is 4. The van der Waals surface area contributed by atoms with Crippen LogP contribution < -0.4 is 5.32 Å². The van der Waals surface area contributed by atoms with Gasteiger partial charge >= 0.3 is 0 Å². The van der Waals surface area contributed by atoms with Gasteiger partial charge in [-0.2, -0.15) is 5.10 Å². The lowest BCUT2D eigenvalue weighted by Gasteiger charge is -2.37. The minimum absolute atomic E-state index is 0.116. The number of aromatic nitrogens is 2. The van der Waals surface area contributed by atoms with Gasteiger partial charge in [0, 0.05) is 36.5 Å². The third-order valence-corrected chi connectivity index (χ3v) is 4.63. The molecule has 0 bridgehead atoms. The highest BCUT2D eigenvalue weighted by Gasteiger charge is 2.29. The molecule has 1 aliphatic heterocycles. The maximum absolute atomic E-state index is 6.07. The quantitative estimate of drug-likeness (QED) is 0.871. The Morgan fingerprint density at radius 3 is 2.83 bits per heavy atom. The molecule has 2 heterocycles. The second kappa shape index (κ2) is 8.12. The first-order valence-electron chi connectivity index (χ1n) is 8.41. The van der Waals surface area contributed by atoms with Gasteiger partial charge in [0.15, 0.2) is 0 Å². The summed E-state index contributed by atoms with van der Waals surface area (Å²) in [4.78, 5) is 2.32. The van der Waals surface area contributed by atoms with Crippen molar-refractivity contribution in [2.24, 2.45) is 0 Å². The third kappa shape index (κ3) is 4.57. The molecule has 3 rings (SSSR count). The van der Waals surface area contributed by atoms with Gasteiger partial charge in [0.05, 0.1) is 25.3 Å². The highest BCUT2D eigenvalue weighted by Crippen LogP contribution is 2.24. The van der Waals surface area contributed by atoms with E-state index < -0.39 is 0 Å². The first-order valence-corrected chi connectivity index (χ1v) is 8.78. The molecule has 2 aromatic rings. The molecule has 24 heavy (non-hydrogen) atoms. The lowest BCUT2D eigenvalue weighted by molar-refractivity contribution is -0.0412. The van der Waals surface area contributed by atoms with Gasteiger partial charge < -0.3 is 15.0 Å². The standard InChI is InChI=1S/C18H25ClN4O/c1-14(12-23-9-3-8-20-23)21-18(15-4-6-16(19)7-5-15)17-13-22(2)10-11-24-17/h3-9,14,17-18,21H,10-13H2,1-2H3. The normalized spacial score (nSPS) is 21.5. The number of benzene rings is 1. The predicted octanol–water partition coefficient (Wildman–Crippen LogP) is 2.59. The van der Waals surface area contributed by atoms with Crippen molar-refractivity contribution in [3.8, 4) is 0 Å². The summed E-state index contributed by atoms with van der Waals surface area (Å²) in [5, 5.41) is 8.77. The van der Waals surface area contributed by atoms with Crippen LogP contribution in [0.3, 0.4) is 0 Å². The van der Waals surface area contributed by atoms with Gasteiger partial charge in [0.25, 0.3) is 0 Å². The first-order chi connectivity index (χ1) is 11.6. The summed E-state index contributed by atoms with van der Waals surface area (Å²) in [6.07, 6.45) is 3.91. The molecule has 1 N–H and O–H groups in total.